The van der Waals surface area contributed by atoms with Crippen molar-refractivity contribution in [1.82, 2.24) is 9.88 Å². The van der Waals surface area contributed by atoms with E-state index in [0.29, 0.717) is 0 Å². The summed E-state index contributed by atoms with van der Waals surface area (Å²) >= 11 is 1.57. The molecule has 0 fully saturated rings. The van der Waals surface area contributed by atoms with Gasteiger partial charge in [0.05, 0.1) is 11.9 Å². The van der Waals surface area contributed by atoms with Crippen molar-refractivity contribution in [2.24, 2.45) is 5.10 Å². The second-order valence-corrected chi connectivity index (χ2v) is 8.31. The molecule has 3 aromatic rings. The molecule has 1 N–H and O–H groups in total. The summed E-state index contributed by atoms with van der Waals surface area (Å²) in [7, 11) is 0. The molecule has 0 aliphatic heterocycles. The van der Waals surface area contributed by atoms with Crippen LogP contribution in [0.5, 0.6) is 0 Å². The molecular weight excluding hydrogens is 388 g/mol. The zero-order valence-corrected chi connectivity index (χ0v) is 18.9. The van der Waals surface area contributed by atoms with E-state index in [-0.39, 0.29) is 0 Å². The van der Waals surface area contributed by atoms with Crippen LogP contribution in [0.4, 0.5) is 5.13 Å². The van der Waals surface area contributed by atoms with Crippen LogP contribution in [-0.4, -0.2) is 29.2 Å². The summed E-state index contributed by atoms with van der Waals surface area (Å²) in [5.41, 5.74) is 7.66. The molecule has 2 aromatic carbocycles. The van der Waals surface area contributed by atoms with Crippen molar-refractivity contribution in [3.8, 4) is 11.3 Å². The Morgan fingerprint density at radius 2 is 1.67 bits per heavy atom. The third-order valence-corrected chi connectivity index (χ3v) is 5.79. The van der Waals surface area contributed by atoms with Crippen molar-refractivity contribution >= 4 is 22.7 Å². The Labute approximate surface area is 184 Å². The molecule has 0 spiro atoms. The van der Waals surface area contributed by atoms with E-state index in [0.717, 1.165) is 41.6 Å². The van der Waals surface area contributed by atoms with Gasteiger partial charge in [0.25, 0.3) is 0 Å². The Bertz CT molecular complexity index is 896. The molecule has 3 rings (SSSR count). The molecule has 158 valence electrons. The topological polar surface area (TPSA) is 40.5 Å². The number of aromatic nitrogens is 1. The van der Waals surface area contributed by atoms with Gasteiger partial charge in [-0.15, -0.1) is 11.3 Å². The summed E-state index contributed by atoms with van der Waals surface area (Å²) in [5.74, 6) is 0. The normalized spacial score (nSPS) is 11.4. The van der Waals surface area contributed by atoms with Gasteiger partial charge in [-0.1, -0.05) is 81.3 Å². The van der Waals surface area contributed by atoms with Crippen LogP contribution in [0.15, 0.2) is 65.1 Å². The second kappa shape index (κ2) is 12.3. The first-order chi connectivity index (χ1) is 14.8. The molecule has 0 saturated heterocycles. The molecule has 1 heterocycles. The van der Waals surface area contributed by atoms with Crippen LogP contribution in [0.3, 0.4) is 0 Å². The summed E-state index contributed by atoms with van der Waals surface area (Å²) in [4.78, 5) is 7.20. The number of hydrogen-bond acceptors (Lipinski definition) is 5. The van der Waals surface area contributed by atoms with Gasteiger partial charge in [-0.3, -0.25) is 10.3 Å². The van der Waals surface area contributed by atoms with Gasteiger partial charge in [0.15, 0.2) is 0 Å². The van der Waals surface area contributed by atoms with Crippen LogP contribution in [0.2, 0.25) is 0 Å². The van der Waals surface area contributed by atoms with Gasteiger partial charge in [0, 0.05) is 17.5 Å². The van der Waals surface area contributed by atoms with Crippen LogP contribution in [0.25, 0.3) is 11.3 Å². The van der Waals surface area contributed by atoms with Crippen LogP contribution >= 0.6 is 11.3 Å². The predicted octanol–water partition coefficient (Wildman–Crippen LogP) is 6.66. The predicted molar refractivity (Wildman–Crippen MR) is 130 cm³/mol. The molecule has 4 nitrogen and oxygen atoms in total. The summed E-state index contributed by atoms with van der Waals surface area (Å²) in [6.45, 7) is 7.79. The summed E-state index contributed by atoms with van der Waals surface area (Å²) < 4.78 is 0. The lowest BCUT2D eigenvalue weighted by Gasteiger charge is -2.22. The van der Waals surface area contributed by atoms with Crippen molar-refractivity contribution in [2.45, 2.75) is 46.1 Å². The van der Waals surface area contributed by atoms with Crippen LogP contribution in [0.1, 0.15) is 50.7 Å². The number of rotatable bonds is 12. The molecule has 0 aliphatic carbocycles. The molecule has 0 bridgehead atoms. The van der Waals surface area contributed by atoms with Gasteiger partial charge >= 0.3 is 0 Å². The SMILES string of the molecule is CCCCN(CCCC)Cc1ccccc1C=NNc1nc(-c2ccccc2)cs1. The van der Waals surface area contributed by atoms with E-state index in [9.17, 15) is 0 Å². The number of anilines is 1. The Hall–Kier alpha value is -2.50. The standard InChI is InChI=1S/C25H32N4S/c1-3-5-16-29(17-6-4-2)19-23-15-11-10-14-22(23)18-26-28-25-27-24(20-30-25)21-12-8-7-9-13-21/h7-15,18,20H,3-6,16-17,19H2,1-2H3,(H,27,28). The van der Waals surface area contributed by atoms with Crippen molar-refractivity contribution in [2.75, 3.05) is 18.5 Å². The molecule has 1 aromatic heterocycles. The molecule has 0 unspecified atom stereocenters. The maximum absolute atomic E-state index is 4.64. The van der Waals surface area contributed by atoms with E-state index >= 15 is 0 Å². The number of benzene rings is 2. The van der Waals surface area contributed by atoms with Crippen LogP contribution in [0, 0.1) is 0 Å². The summed E-state index contributed by atoms with van der Waals surface area (Å²) in [6.07, 6.45) is 6.87. The number of nitrogens with zero attached hydrogens (tertiary/aromatic N) is 3. The largest absolute Gasteiger partial charge is 0.299 e. The monoisotopic (exact) mass is 420 g/mol. The molecule has 0 amide bonds. The highest BCUT2D eigenvalue weighted by molar-refractivity contribution is 7.14. The molecule has 0 atom stereocenters. The van der Waals surface area contributed by atoms with Gasteiger partial charge in [0.1, 0.15) is 0 Å². The molecule has 0 saturated carbocycles. The molecular formula is C25H32N4S. The lowest BCUT2D eigenvalue weighted by Crippen LogP contribution is -2.26. The second-order valence-electron chi connectivity index (χ2n) is 7.46. The highest BCUT2D eigenvalue weighted by Gasteiger charge is 2.08. The van der Waals surface area contributed by atoms with E-state index in [2.05, 4.69) is 76.0 Å². The molecule has 30 heavy (non-hydrogen) atoms. The Kier molecular flexibility index (Phi) is 9.06. The number of hydrazone groups is 1. The minimum Gasteiger partial charge on any atom is -0.299 e. The Morgan fingerprint density at radius 1 is 0.967 bits per heavy atom. The van der Waals surface area contributed by atoms with Crippen molar-refractivity contribution < 1.29 is 0 Å². The number of nitrogens with one attached hydrogen (secondary N) is 1. The van der Waals surface area contributed by atoms with Gasteiger partial charge in [-0.05, 0) is 37.1 Å². The summed E-state index contributed by atoms with van der Waals surface area (Å²) in [6, 6.07) is 18.8. The van der Waals surface area contributed by atoms with Crippen molar-refractivity contribution in [1.29, 1.82) is 0 Å². The van der Waals surface area contributed by atoms with Crippen molar-refractivity contribution in [3.05, 3.63) is 71.1 Å². The molecule has 0 radical (unpaired) electrons. The lowest BCUT2D eigenvalue weighted by atomic mass is 10.1. The molecule has 5 heteroatoms. The summed E-state index contributed by atoms with van der Waals surface area (Å²) in [5, 5.41) is 7.32. The maximum Gasteiger partial charge on any atom is 0.203 e. The van der Waals surface area contributed by atoms with Gasteiger partial charge in [-0.25, -0.2) is 4.98 Å². The van der Waals surface area contributed by atoms with Crippen LogP contribution < -0.4 is 5.43 Å². The lowest BCUT2D eigenvalue weighted by molar-refractivity contribution is 0.257. The van der Waals surface area contributed by atoms with E-state index in [4.69, 9.17) is 0 Å². The van der Waals surface area contributed by atoms with E-state index < -0.39 is 0 Å². The van der Waals surface area contributed by atoms with Gasteiger partial charge in [0.2, 0.25) is 5.13 Å². The number of hydrogen-bond donors (Lipinski definition) is 1. The Balaban J connectivity index is 1.64. The first-order valence-electron chi connectivity index (χ1n) is 10.9. The van der Waals surface area contributed by atoms with E-state index in [1.807, 2.05) is 24.4 Å². The van der Waals surface area contributed by atoms with E-state index in [1.165, 1.54) is 31.2 Å². The van der Waals surface area contributed by atoms with Crippen molar-refractivity contribution in [3.63, 3.8) is 0 Å². The quantitative estimate of drug-likeness (QED) is 0.263. The maximum atomic E-state index is 4.64. The fourth-order valence-electron chi connectivity index (χ4n) is 3.30. The number of unbranched alkanes of at least 4 members (excludes halogenated alkanes) is 2. The van der Waals surface area contributed by atoms with Crippen LogP contribution in [-0.2, 0) is 6.54 Å². The first-order valence-corrected chi connectivity index (χ1v) is 11.8. The first kappa shape index (κ1) is 22.2. The van der Waals surface area contributed by atoms with Gasteiger partial charge < -0.3 is 0 Å². The number of thiazole rings is 1. The third-order valence-electron chi connectivity index (χ3n) is 5.04. The average molecular weight is 421 g/mol. The highest BCUT2D eigenvalue weighted by atomic mass is 32.1. The third kappa shape index (κ3) is 6.78. The van der Waals surface area contributed by atoms with E-state index in [1.54, 1.807) is 11.3 Å². The Morgan fingerprint density at radius 3 is 2.40 bits per heavy atom. The average Bonchev–Trinajstić information content (AvgIpc) is 3.26. The highest BCUT2D eigenvalue weighted by Crippen LogP contribution is 2.24. The fraction of sp³-hybridized carbons (Fsp3) is 0.360. The van der Waals surface area contributed by atoms with Gasteiger partial charge in [-0.2, -0.15) is 5.10 Å². The smallest absolute Gasteiger partial charge is 0.203 e. The minimum absolute atomic E-state index is 0.801. The zero-order chi connectivity index (χ0) is 21.0. The molecule has 0 aliphatic rings. The minimum atomic E-state index is 0.801. The zero-order valence-electron chi connectivity index (χ0n) is 18.1. The fourth-order valence-corrected chi connectivity index (χ4v) is 3.97.